The molecule has 0 saturated heterocycles. The van der Waals surface area contributed by atoms with Gasteiger partial charge in [0.05, 0.1) is 23.0 Å². The lowest BCUT2D eigenvalue weighted by Gasteiger charge is -2.27. The van der Waals surface area contributed by atoms with Crippen LogP contribution in [0.5, 0.6) is 11.5 Å². The van der Waals surface area contributed by atoms with E-state index in [0.29, 0.717) is 6.54 Å². The summed E-state index contributed by atoms with van der Waals surface area (Å²) in [6.07, 6.45) is 0. The minimum Gasteiger partial charge on any atom is -0.457 e. The fourth-order valence-electron chi connectivity index (χ4n) is 3.69. The summed E-state index contributed by atoms with van der Waals surface area (Å²) in [6, 6.07) is 21.5. The Morgan fingerprint density at radius 2 is 1.76 bits per heavy atom. The van der Waals surface area contributed by atoms with E-state index in [1.54, 1.807) is 11.3 Å². The normalized spacial score (nSPS) is 12.7. The average Bonchev–Trinajstić information content (AvgIpc) is 3.40. The van der Waals surface area contributed by atoms with Gasteiger partial charge in [0.2, 0.25) is 5.91 Å². The zero-order valence-corrected chi connectivity index (χ0v) is 16.6. The number of nitrogens with one attached hydrogen (secondary N) is 1. The Kier molecular flexibility index (Phi) is 4.41. The minimum atomic E-state index is -0.402. The molecule has 0 atom stereocenters. The van der Waals surface area contributed by atoms with Crippen molar-refractivity contribution in [3.05, 3.63) is 88.9 Å². The van der Waals surface area contributed by atoms with Crippen molar-refractivity contribution in [3.63, 3.8) is 0 Å². The van der Waals surface area contributed by atoms with Crippen LogP contribution in [0.1, 0.15) is 22.7 Å². The summed E-state index contributed by atoms with van der Waals surface area (Å²) in [4.78, 5) is 14.4. The molecule has 1 N–H and O–H groups in total. The summed E-state index contributed by atoms with van der Waals surface area (Å²) >= 11 is 1.65. The quantitative estimate of drug-likeness (QED) is 0.539. The van der Waals surface area contributed by atoms with E-state index in [-0.39, 0.29) is 5.91 Å². The highest BCUT2D eigenvalue weighted by molar-refractivity contribution is 7.13. The first-order valence-corrected chi connectivity index (χ1v) is 10.3. The molecule has 1 aliphatic rings. The van der Waals surface area contributed by atoms with Crippen molar-refractivity contribution in [2.24, 2.45) is 7.05 Å². The Morgan fingerprint density at radius 3 is 2.41 bits per heavy atom. The van der Waals surface area contributed by atoms with E-state index in [4.69, 9.17) is 4.74 Å². The molecule has 0 radical (unpaired) electrons. The number of para-hydroxylation sites is 2. The van der Waals surface area contributed by atoms with Gasteiger partial charge in [0.25, 0.3) is 0 Å². The van der Waals surface area contributed by atoms with E-state index in [1.165, 1.54) is 0 Å². The van der Waals surface area contributed by atoms with Crippen LogP contribution in [-0.2, 0) is 18.4 Å². The molecular weight excluding hydrogens is 382 g/mol. The predicted octanol–water partition coefficient (Wildman–Crippen LogP) is 4.70. The summed E-state index contributed by atoms with van der Waals surface area (Å²) in [6.45, 7) is 0.412. The van der Waals surface area contributed by atoms with Gasteiger partial charge in [0.15, 0.2) is 0 Å². The third-order valence-corrected chi connectivity index (χ3v) is 6.03. The highest BCUT2D eigenvalue weighted by Crippen LogP contribution is 2.43. The summed E-state index contributed by atoms with van der Waals surface area (Å²) in [5.41, 5.74) is 3.64. The SMILES string of the molecule is Cn1nc(-c2cccs2)cc1CNC(=O)C1c2ccccc2Oc2ccccc21. The van der Waals surface area contributed by atoms with E-state index in [1.807, 2.05) is 83.8 Å². The first kappa shape index (κ1) is 17.7. The van der Waals surface area contributed by atoms with Crippen LogP contribution in [0.2, 0.25) is 0 Å². The third-order valence-electron chi connectivity index (χ3n) is 5.14. The van der Waals surface area contributed by atoms with Crippen LogP contribution in [-0.4, -0.2) is 15.7 Å². The largest absolute Gasteiger partial charge is 0.457 e. The fraction of sp³-hybridized carbons (Fsp3) is 0.130. The summed E-state index contributed by atoms with van der Waals surface area (Å²) < 4.78 is 7.81. The van der Waals surface area contributed by atoms with Gasteiger partial charge in [-0.15, -0.1) is 11.3 Å². The Hall–Kier alpha value is -3.38. The van der Waals surface area contributed by atoms with Crippen molar-refractivity contribution in [1.29, 1.82) is 0 Å². The second kappa shape index (κ2) is 7.22. The molecule has 144 valence electrons. The van der Waals surface area contributed by atoms with Crippen LogP contribution in [0.25, 0.3) is 10.6 Å². The highest BCUT2D eigenvalue weighted by Gasteiger charge is 2.32. The molecule has 29 heavy (non-hydrogen) atoms. The predicted molar refractivity (Wildman–Crippen MR) is 113 cm³/mol. The van der Waals surface area contributed by atoms with Crippen LogP contribution in [0.15, 0.2) is 72.1 Å². The molecule has 2 aromatic carbocycles. The molecule has 4 aromatic rings. The number of rotatable bonds is 4. The molecule has 3 heterocycles. The number of carbonyl (C=O) groups is 1. The van der Waals surface area contributed by atoms with Crippen molar-refractivity contribution in [2.75, 3.05) is 0 Å². The lowest BCUT2D eigenvalue weighted by Crippen LogP contribution is -2.31. The fourth-order valence-corrected chi connectivity index (χ4v) is 4.37. The molecule has 6 heteroatoms. The van der Waals surface area contributed by atoms with Crippen LogP contribution in [0.3, 0.4) is 0 Å². The molecule has 0 fully saturated rings. The molecule has 1 amide bonds. The lowest BCUT2D eigenvalue weighted by molar-refractivity contribution is -0.122. The first-order chi connectivity index (χ1) is 14.2. The van der Waals surface area contributed by atoms with Gasteiger partial charge >= 0.3 is 0 Å². The Balaban J connectivity index is 1.41. The molecule has 5 rings (SSSR count). The van der Waals surface area contributed by atoms with Crippen molar-refractivity contribution in [1.82, 2.24) is 15.1 Å². The average molecular weight is 401 g/mol. The Morgan fingerprint density at radius 1 is 1.07 bits per heavy atom. The van der Waals surface area contributed by atoms with Crippen molar-refractivity contribution in [3.8, 4) is 22.1 Å². The molecule has 2 aromatic heterocycles. The van der Waals surface area contributed by atoms with Crippen molar-refractivity contribution in [2.45, 2.75) is 12.5 Å². The smallest absolute Gasteiger partial charge is 0.232 e. The maximum absolute atomic E-state index is 13.2. The van der Waals surface area contributed by atoms with Gasteiger partial charge in [-0.25, -0.2) is 0 Å². The van der Waals surface area contributed by atoms with Crippen LogP contribution in [0, 0.1) is 0 Å². The van der Waals surface area contributed by atoms with Crippen molar-refractivity contribution < 1.29 is 9.53 Å². The summed E-state index contributed by atoms with van der Waals surface area (Å²) in [7, 11) is 1.90. The minimum absolute atomic E-state index is 0.0490. The van der Waals surface area contributed by atoms with E-state index in [2.05, 4.69) is 10.4 Å². The number of amides is 1. The van der Waals surface area contributed by atoms with Crippen molar-refractivity contribution >= 4 is 17.2 Å². The number of nitrogens with zero attached hydrogens (tertiary/aromatic N) is 2. The van der Waals surface area contributed by atoms with Gasteiger partial charge in [-0.1, -0.05) is 42.5 Å². The number of aromatic nitrogens is 2. The Labute approximate surface area is 172 Å². The van der Waals surface area contributed by atoms with E-state index in [9.17, 15) is 4.79 Å². The maximum Gasteiger partial charge on any atom is 0.232 e. The van der Waals surface area contributed by atoms with E-state index < -0.39 is 5.92 Å². The number of fused-ring (bicyclic) bond motifs is 2. The number of benzene rings is 2. The van der Waals surface area contributed by atoms with Gasteiger partial charge in [-0.05, 0) is 29.6 Å². The van der Waals surface area contributed by atoms with Crippen LogP contribution >= 0.6 is 11.3 Å². The summed E-state index contributed by atoms with van der Waals surface area (Å²) in [5, 5.41) is 9.70. The maximum atomic E-state index is 13.2. The number of hydrogen-bond donors (Lipinski definition) is 1. The number of carbonyl (C=O) groups excluding carboxylic acids is 1. The zero-order valence-electron chi connectivity index (χ0n) is 15.8. The number of aryl methyl sites for hydroxylation is 1. The third kappa shape index (κ3) is 3.21. The molecule has 0 bridgehead atoms. The number of hydrogen-bond acceptors (Lipinski definition) is 4. The van der Waals surface area contributed by atoms with E-state index >= 15 is 0 Å². The van der Waals surface area contributed by atoms with Gasteiger partial charge in [-0.3, -0.25) is 9.48 Å². The molecule has 0 aliphatic carbocycles. The standard InChI is InChI=1S/C23H19N3O2S/c1-26-15(13-18(25-26)21-11-6-12-29-21)14-24-23(27)22-16-7-2-4-9-19(16)28-20-10-5-3-8-17(20)22/h2-13,22H,14H2,1H3,(H,24,27). The van der Waals surface area contributed by atoms with Gasteiger partial charge in [0.1, 0.15) is 17.2 Å². The second-order valence-electron chi connectivity index (χ2n) is 6.95. The van der Waals surface area contributed by atoms with Crippen LogP contribution in [0.4, 0.5) is 0 Å². The van der Waals surface area contributed by atoms with Gasteiger partial charge < -0.3 is 10.1 Å². The van der Waals surface area contributed by atoms with Gasteiger partial charge in [-0.2, -0.15) is 5.10 Å². The summed E-state index contributed by atoms with van der Waals surface area (Å²) in [5.74, 6) is 1.01. The molecule has 0 saturated carbocycles. The lowest BCUT2D eigenvalue weighted by atomic mass is 9.87. The topological polar surface area (TPSA) is 56.2 Å². The first-order valence-electron chi connectivity index (χ1n) is 9.41. The molecule has 5 nitrogen and oxygen atoms in total. The van der Waals surface area contributed by atoms with E-state index in [0.717, 1.165) is 38.9 Å². The molecule has 0 spiro atoms. The monoisotopic (exact) mass is 401 g/mol. The second-order valence-corrected chi connectivity index (χ2v) is 7.90. The Bertz CT molecular complexity index is 1140. The number of ether oxygens (including phenoxy) is 1. The number of thiophene rings is 1. The molecule has 1 aliphatic heterocycles. The van der Waals surface area contributed by atoms with Gasteiger partial charge in [0, 0.05) is 18.2 Å². The van der Waals surface area contributed by atoms with Crippen LogP contribution < -0.4 is 10.1 Å². The zero-order chi connectivity index (χ0) is 19.8. The molecular formula is C23H19N3O2S. The highest BCUT2D eigenvalue weighted by atomic mass is 32.1. The molecule has 0 unspecified atom stereocenters.